The van der Waals surface area contributed by atoms with Crippen molar-refractivity contribution in [2.75, 3.05) is 59.7 Å². The smallest absolute Gasteiger partial charge is 0.102 e. The predicted molar refractivity (Wildman–Crippen MR) is 178 cm³/mol. The van der Waals surface area contributed by atoms with E-state index in [0.29, 0.717) is 0 Å². The highest BCUT2D eigenvalue weighted by Gasteiger charge is 2.20. The molecule has 0 aromatic heterocycles. The van der Waals surface area contributed by atoms with Crippen LogP contribution in [-0.2, 0) is 9.47 Å². The van der Waals surface area contributed by atoms with E-state index in [1.165, 1.54) is 154 Å². The van der Waals surface area contributed by atoms with Gasteiger partial charge in [-0.05, 0) is 19.4 Å². The molecule has 0 radical (unpaired) electrons. The Kier molecular flexibility index (Phi) is 33.2. The second-order valence-corrected chi connectivity index (χ2v) is 12.9. The van der Waals surface area contributed by atoms with E-state index >= 15 is 0 Å². The molecule has 0 saturated heterocycles. The van der Waals surface area contributed by atoms with E-state index in [9.17, 15) is 0 Å². The molecule has 0 spiro atoms. The summed E-state index contributed by atoms with van der Waals surface area (Å²) in [7, 11) is 2.36. The van der Waals surface area contributed by atoms with Gasteiger partial charge < -0.3 is 19.7 Å². The molecule has 242 valence electrons. The zero-order chi connectivity index (χ0) is 29.2. The first-order valence-corrected chi connectivity index (χ1v) is 18.4. The Balaban J connectivity index is 3.60. The number of nitrogens with zero attached hydrogens (tertiary/aromatic N) is 1. The zero-order valence-corrected chi connectivity index (χ0v) is 28.2. The number of quaternary nitrogens is 1. The molecule has 0 rings (SSSR count). The molecule has 0 fully saturated rings. The molecule has 0 saturated carbocycles. The summed E-state index contributed by atoms with van der Waals surface area (Å²) in [4.78, 5) is 0. The van der Waals surface area contributed by atoms with Crippen molar-refractivity contribution in [3.63, 3.8) is 0 Å². The SMILES string of the molecule is CCCCCCCCCCCCCCOCC[N+](C)(CCCN)CCOCCCCCCCCCCCCCC. The lowest BCUT2D eigenvalue weighted by Crippen LogP contribution is -2.49. The van der Waals surface area contributed by atoms with Crippen molar-refractivity contribution in [1.82, 2.24) is 0 Å². The molecule has 0 aromatic carbocycles. The van der Waals surface area contributed by atoms with Gasteiger partial charge in [-0.1, -0.05) is 155 Å². The number of likely N-dealkylation sites (N-methyl/N-ethyl adjacent to an activating group) is 1. The van der Waals surface area contributed by atoms with Crippen LogP contribution in [0.15, 0.2) is 0 Å². The fourth-order valence-electron chi connectivity index (χ4n) is 5.67. The summed E-state index contributed by atoms with van der Waals surface area (Å²) in [5, 5.41) is 0. The lowest BCUT2D eigenvalue weighted by atomic mass is 10.1. The van der Waals surface area contributed by atoms with E-state index in [4.69, 9.17) is 15.2 Å². The number of ether oxygens (including phenoxy) is 2. The molecule has 0 bridgehead atoms. The topological polar surface area (TPSA) is 44.5 Å². The molecule has 0 heterocycles. The second-order valence-electron chi connectivity index (χ2n) is 12.9. The summed E-state index contributed by atoms with van der Waals surface area (Å²) in [6, 6.07) is 0. The average molecular weight is 570 g/mol. The van der Waals surface area contributed by atoms with Crippen molar-refractivity contribution in [2.45, 2.75) is 174 Å². The van der Waals surface area contributed by atoms with Crippen LogP contribution in [-0.4, -0.2) is 64.1 Å². The molecular formula is C36H77N2O2+. The lowest BCUT2D eigenvalue weighted by Gasteiger charge is -2.34. The molecule has 4 heteroatoms. The highest BCUT2D eigenvalue weighted by molar-refractivity contribution is 4.51. The first-order valence-electron chi connectivity index (χ1n) is 18.4. The Morgan fingerprint density at radius 1 is 0.375 bits per heavy atom. The van der Waals surface area contributed by atoms with Crippen molar-refractivity contribution in [1.29, 1.82) is 0 Å². The quantitative estimate of drug-likeness (QED) is 0.0610. The Hall–Kier alpha value is -0.160. The van der Waals surface area contributed by atoms with Crippen molar-refractivity contribution in [3.05, 3.63) is 0 Å². The fraction of sp³-hybridized carbons (Fsp3) is 1.00. The molecule has 0 unspecified atom stereocenters. The molecular weight excluding hydrogens is 492 g/mol. The monoisotopic (exact) mass is 570 g/mol. The third-order valence-corrected chi connectivity index (χ3v) is 8.74. The minimum atomic E-state index is 0.771. The van der Waals surface area contributed by atoms with Crippen LogP contribution < -0.4 is 5.73 Å². The van der Waals surface area contributed by atoms with Crippen LogP contribution >= 0.6 is 0 Å². The van der Waals surface area contributed by atoms with Gasteiger partial charge in [0.25, 0.3) is 0 Å². The first kappa shape index (κ1) is 39.8. The Morgan fingerprint density at radius 3 is 0.975 bits per heavy atom. The summed E-state index contributed by atoms with van der Waals surface area (Å²) >= 11 is 0. The average Bonchev–Trinajstić information content (AvgIpc) is 2.96. The van der Waals surface area contributed by atoms with Crippen LogP contribution in [0.5, 0.6) is 0 Å². The largest absolute Gasteiger partial charge is 0.376 e. The maximum Gasteiger partial charge on any atom is 0.102 e. The van der Waals surface area contributed by atoms with E-state index in [1.807, 2.05) is 0 Å². The van der Waals surface area contributed by atoms with E-state index in [0.717, 1.165) is 63.5 Å². The Labute approximate surface area is 253 Å². The van der Waals surface area contributed by atoms with Gasteiger partial charge in [-0.25, -0.2) is 0 Å². The van der Waals surface area contributed by atoms with E-state index in [2.05, 4.69) is 20.9 Å². The molecule has 0 aliphatic rings. The molecule has 0 aliphatic heterocycles. The summed E-state index contributed by atoms with van der Waals surface area (Å²) in [6.45, 7) is 12.2. The third kappa shape index (κ3) is 30.8. The third-order valence-electron chi connectivity index (χ3n) is 8.74. The highest BCUT2D eigenvalue weighted by Crippen LogP contribution is 2.13. The molecule has 4 nitrogen and oxygen atoms in total. The molecule has 40 heavy (non-hydrogen) atoms. The normalized spacial score (nSPS) is 12.0. The number of nitrogens with two attached hydrogens (primary N) is 1. The summed E-state index contributed by atoms with van der Waals surface area (Å²) in [6.07, 6.45) is 34.5. The minimum Gasteiger partial charge on any atom is -0.376 e. The summed E-state index contributed by atoms with van der Waals surface area (Å²) in [5.41, 5.74) is 5.83. The van der Waals surface area contributed by atoms with Crippen LogP contribution in [0.1, 0.15) is 174 Å². The van der Waals surface area contributed by atoms with Crippen LogP contribution in [0.2, 0.25) is 0 Å². The van der Waals surface area contributed by atoms with E-state index in [-0.39, 0.29) is 0 Å². The van der Waals surface area contributed by atoms with Gasteiger partial charge in [-0.3, -0.25) is 0 Å². The van der Waals surface area contributed by atoms with Crippen molar-refractivity contribution in [3.8, 4) is 0 Å². The van der Waals surface area contributed by atoms with Gasteiger partial charge in [0.05, 0.1) is 26.8 Å². The summed E-state index contributed by atoms with van der Waals surface area (Å²) in [5.74, 6) is 0. The van der Waals surface area contributed by atoms with Gasteiger partial charge in [-0.2, -0.15) is 0 Å². The number of hydrogen-bond donors (Lipinski definition) is 1. The van der Waals surface area contributed by atoms with Crippen LogP contribution in [0.4, 0.5) is 0 Å². The maximum atomic E-state index is 6.04. The first-order chi connectivity index (χ1) is 19.7. The molecule has 0 aliphatic carbocycles. The maximum absolute atomic E-state index is 6.04. The van der Waals surface area contributed by atoms with Gasteiger partial charge in [0.15, 0.2) is 0 Å². The molecule has 2 N–H and O–H groups in total. The van der Waals surface area contributed by atoms with Gasteiger partial charge in [0.1, 0.15) is 13.1 Å². The highest BCUT2D eigenvalue weighted by atomic mass is 16.5. The lowest BCUT2D eigenvalue weighted by molar-refractivity contribution is -0.910. The second kappa shape index (κ2) is 33.3. The van der Waals surface area contributed by atoms with Gasteiger partial charge in [0.2, 0.25) is 0 Å². The zero-order valence-electron chi connectivity index (χ0n) is 28.2. The van der Waals surface area contributed by atoms with E-state index in [1.54, 1.807) is 0 Å². The van der Waals surface area contributed by atoms with Crippen LogP contribution in [0, 0.1) is 0 Å². The molecule has 0 atom stereocenters. The van der Waals surface area contributed by atoms with Gasteiger partial charge >= 0.3 is 0 Å². The number of unbranched alkanes of at least 4 members (excludes halogenated alkanes) is 22. The van der Waals surface area contributed by atoms with Crippen LogP contribution in [0.3, 0.4) is 0 Å². The minimum absolute atomic E-state index is 0.771. The molecule has 0 amide bonds. The van der Waals surface area contributed by atoms with Crippen molar-refractivity contribution in [2.24, 2.45) is 5.73 Å². The van der Waals surface area contributed by atoms with Gasteiger partial charge in [-0.15, -0.1) is 0 Å². The van der Waals surface area contributed by atoms with Crippen molar-refractivity contribution >= 4 is 0 Å². The summed E-state index contributed by atoms with van der Waals surface area (Å²) < 4.78 is 13.1. The van der Waals surface area contributed by atoms with Crippen LogP contribution in [0.25, 0.3) is 0 Å². The van der Waals surface area contributed by atoms with E-state index < -0.39 is 0 Å². The predicted octanol–water partition coefficient (Wildman–Crippen LogP) is 10.2. The standard InChI is InChI=1S/C36H77N2O2/c1-4-6-8-10-12-14-16-18-20-22-24-26-33-39-35-31-38(3,30-28-29-37)32-36-40-34-27-25-23-21-19-17-15-13-11-9-7-5-2/h4-37H2,1-3H3/q+1. The number of rotatable bonds is 35. The number of hydrogen-bond acceptors (Lipinski definition) is 3. The van der Waals surface area contributed by atoms with Crippen molar-refractivity contribution < 1.29 is 14.0 Å². The fourth-order valence-corrected chi connectivity index (χ4v) is 5.67. The Morgan fingerprint density at radius 2 is 0.675 bits per heavy atom. The Bertz CT molecular complexity index is 426. The van der Waals surface area contributed by atoms with Gasteiger partial charge in [0, 0.05) is 19.6 Å². The molecule has 0 aromatic rings.